The van der Waals surface area contributed by atoms with E-state index in [0.29, 0.717) is 11.4 Å². The maximum absolute atomic E-state index is 11.7. The molecule has 112 valence electrons. The van der Waals surface area contributed by atoms with Crippen LogP contribution in [0.1, 0.15) is 38.2 Å². The van der Waals surface area contributed by atoms with Crippen molar-refractivity contribution in [1.29, 1.82) is 0 Å². The molecule has 2 heterocycles. The smallest absolute Gasteiger partial charge is 0.222 e. The van der Waals surface area contributed by atoms with Gasteiger partial charge in [-0.2, -0.15) is 0 Å². The van der Waals surface area contributed by atoms with E-state index in [0.717, 1.165) is 43.6 Å². The van der Waals surface area contributed by atoms with E-state index in [4.69, 9.17) is 16.4 Å². The van der Waals surface area contributed by atoms with Crippen LogP contribution in [0.15, 0.2) is 29.4 Å². The second-order valence-electron chi connectivity index (χ2n) is 5.70. The van der Waals surface area contributed by atoms with E-state index < -0.39 is 0 Å². The number of amides is 1. The highest BCUT2D eigenvalue weighted by Crippen LogP contribution is 2.37. The number of hydrogen-bond donors (Lipinski definition) is 0. The van der Waals surface area contributed by atoms with Crippen LogP contribution in [0.25, 0.3) is 0 Å². The molecule has 2 aliphatic heterocycles. The molecule has 3 rings (SSSR count). The minimum absolute atomic E-state index is 0.218. The summed E-state index contributed by atoms with van der Waals surface area (Å²) in [4.78, 5) is 19.4. The summed E-state index contributed by atoms with van der Waals surface area (Å²) in [5.41, 5.74) is 1.61. The second kappa shape index (κ2) is 5.68. The number of carbonyl (C=O) groups excluding carboxylic acids is 1. The summed E-state index contributed by atoms with van der Waals surface area (Å²) < 4.78 is 0. The van der Waals surface area contributed by atoms with E-state index in [1.165, 1.54) is 0 Å². The maximum Gasteiger partial charge on any atom is 0.222 e. The average Bonchev–Trinajstić information content (AvgIpc) is 2.91. The number of likely N-dealkylation sites (tertiary alicyclic amines) is 1. The molecule has 0 radical (unpaired) electrons. The fourth-order valence-electron chi connectivity index (χ4n) is 3.02. The Labute approximate surface area is 129 Å². The van der Waals surface area contributed by atoms with Crippen molar-refractivity contribution in [1.82, 2.24) is 4.90 Å². The lowest BCUT2D eigenvalue weighted by Crippen LogP contribution is -2.46. The van der Waals surface area contributed by atoms with Gasteiger partial charge in [0.15, 0.2) is 0 Å². The van der Waals surface area contributed by atoms with E-state index in [-0.39, 0.29) is 11.5 Å². The van der Waals surface area contributed by atoms with Gasteiger partial charge in [-0.3, -0.25) is 4.79 Å². The number of nitrogens with zero attached hydrogens (tertiary/aromatic N) is 2. The van der Waals surface area contributed by atoms with E-state index in [1.807, 2.05) is 36.1 Å². The third-order valence-corrected chi connectivity index (χ3v) is 4.68. The van der Waals surface area contributed by atoms with Crippen molar-refractivity contribution < 1.29 is 9.63 Å². The predicted molar refractivity (Wildman–Crippen MR) is 82.5 cm³/mol. The first-order valence-electron chi connectivity index (χ1n) is 7.41. The maximum atomic E-state index is 11.7. The Balaban J connectivity index is 1.67. The monoisotopic (exact) mass is 306 g/mol. The molecule has 0 bridgehead atoms. The minimum atomic E-state index is -0.251. The summed E-state index contributed by atoms with van der Waals surface area (Å²) in [6.07, 6.45) is 2.99. The highest BCUT2D eigenvalue weighted by atomic mass is 35.5. The van der Waals surface area contributed by atoms with Crippen LogP contribution >= 0.6 is 11.6 Å². The van der Waals surface area contributed by atoms with Crippen molar-refractivity contribution in [2.45, 2.75) is 38.2 Å². The van der Waals surface area contributed by atoms with Crippen LogP contribution in [0.3, 0.4) is 0 Å². The van der Waals surface area contributed by atoms with Gasteiger partial charge in [-0.15, -0.1) is 0 Å². The molecule has 0 aromatic heterocycles. The summed E-state index contributed by atoms with van der Waals surface area (Å²) in [5, 5.41) is 4.97. The topological polar surface area (TPSA) is 41.9 Å². The van der Waals surface area contributed by atoms with Crippen molar-refractivity contribution in [3.05, 3.63) is 34.9 Å². The number of halogens is 1. The lowest BCUT2D eigenvalue weighted by Gasteiger charge is -2.37. The highest BCUT2D eigenvalue weighted by molar-refractivity contribution is 6.34. The molecule has 5 heteroatoms. The van der Waals surface area contributed by atoms with Crippen molar-refractivity contribution >= 4 is 23.2 Å². The van der Waals surface area contributed by atoms with E-state index in [2.05, 4.69) is 5.16 Å². The fraction of sp³-hybridized carbons (Fsp3) is 0.500. The van der Waals surface area contributed by atoms with Crippen molar-refractivity contribution in [3.63, 3.8) is 0 Å². The van der Waals surface area contributed by atoms with E-state index >= 15 is 0 Å². The van der Waals surface area contributed by atoms with Gasteiger partial charge >= 0.3 is 0 Å². The van der Waals surface area contributed by atoms with Crippen LogP contribution in [-0.2, 0) is 9.63 Å². The van der Waals surface area contributed by atoms with Gasteiger partial charge in [0, 0.05) is 49.4 Å². The van der Waals surface area contributed by atoms with Gasteiger partial charge in [-0.05, 0) is 6.07 Å². The molecule has 1 amide bonds. The van der Waals surface area contributed by atoms with Crippen LogP contribution in [0.2, 0.25) is 5.02 Å². The van der Waals surface area contributed by atoms with Gasteiger partial charge in [-0.1, -0.05) is 41.9 Å². The van der Waals surface area contributed by atoms with Crippen molar-refractivity contribution in [2.24, 2.45) is 5.16 Å². The minimum Gasteiger partial charge on any atom is -0.388 e. The Hall–Kier alpha value is -1.55. The quantitative estimate of drug-likeness (QED) is 0.842. The van der Waals surface area contributed by atoms with E-state index in [9.17, 15) is 4.79 Å². The lowest BCUT2D eigenvalue weighted by atomic mass is 9.85. The van der Waals surface area contributed by atoms with Gasteiger partial charge < -0.3 is 9.74 Å². The number of carbonyl (C=O) groups is 1. The summed E-state index contributed by atoms with van der Waals surface area (Å²) in [6, 6.07) is 7.70. The predicted octanol–water partition coefficient (Wildman–Crippen LogP) is 3.24. The van der Waals surface area contributed by atoms with Crippen LogP contribution in [0.4, 0.5) is 0 Å². The van der Waals surface area contributed by atoms with Gasteiger partial charge in [0.1, 0.15) is 5.60 Å². The number of hydrogen-bond acceptors (Lipinski definition) is 3. The van der Waals surface area contributed by atoms with E-state index in [1.54, 1.807) is 0 Å². The molecule has 0 N–H and O–H groups in total. The Bertz CT molecular complexity index is 577. The number of piperidine rings is 1. The van der Waals surface area contributed by atoms with Crippen LogP contribution < -0.4 is 0 Å². The first kappa shape index (κ1) is 14.4. The Kier molecular flexibility index (Phi) is 3.89. The van der Waals surface area contributed by atoms with Crippen LogP contribution in [-0.4, -0.2) is 35.2 Å². The summed E-state index contributed by atoms with van der Waals surface area (Å²) in [6.45, 7) is 3.40. The molecule has 2 aliphatic rings. The summed E-state index contributed by atoms with van der Waals surface area (Å²) in [7, 11) is 0. The molecule has 1 aromatic rings. The molecular weight excluding hydrogens is 288 g/mol. The van der Waals surface area contributed by atoms with Gasteiger partial charge in [0.25, 0.3) is 0 Å². The normalized spacial score (nSPS) is 20.3. The molecule has 1 fully saturated rings. The average molecular weight is 307 g/mol. The molecule has 1 saturated heterocycles. The largest absolute Gasteiger partial charge is 0.388 e. The van der Waals surface area contributed by atoms with Crippen molar-refractivity contribution in [3.8, 4) is 0 Å². The third-order valence-electron chi connectivity index (χ3n) is 4.35. The zero-order valence-corrected chi connectivity index (χ0v) is 12.9. The molecule has 1 spiro atoms. The fourth-order valence-corrected chi connectivity index (χ4v) is 3.26. The SMILES string of the molecule is CCC(=O)N1CCC2(CC1)CC(c1ccccc1Cl)=NO2. The molecule has 0 saturated carbocycles. The van der Waals surface area contributed by atoms with Crippen molar-refractivity contribution in [2.75, 3.05) is 13.1 Å². The number of oxime groups is 1. The van der Waals surface area contributed by atoms with Gasteiger partial charge in [-0.25, -0.2) is 0 Å². The Morgan fingerprint density at radius 2 is 2.10 bits per heavy atom. The zero-order valence-electron chi connectivity index (χ0n) is 12.1. The third kappa shape index (κ3) is 2.77. The highest BCUT2D eigenvalue weighted by Gasteiger charge is 2.43. The van der Waals surface area contributed by atoms with Crippen LogP contribution in [0.5, 0.6) is 0 Å². The molecule has 21 heavy (non-hydrogen) atoms. The molecular formula is C16H19ClN2O2. The Morgan fingerprint density at radius 3 is 2.76 bits per heavy atom. The molecule has 1 aromatic carbocycles. The Morgan fingerprint density at radius 1 is 1.38 bits per heavy atom. The zero-order chi connectivity index (χ0) is 14.9. The second-order valence-corrected chi connectivity index (χ2v) is 6.11. The first-order chi connectivity index (χ1) is 10.1. The first-order valence-corrected chi connectivity index (χ1v) is 7.79. The molecule has 0 atom stereocenters. The van der Waals surface area contributed by atoms with Gasteiger partial charge in [0.05, 0.1) is 5.71 Å². The number of benzene rings is 1. The van der Waals surface area contributed by atoms with Gasteiger partial charge in [0.2, 0.25) is 5.91 Å². The molecule has 0 aliphatic carbocycles. The standard InChI is InChI=1S/C16H19ClN2O2/c1-2-15(20)19-9-7-16(8-10-19)11-14(18-21-16)12-5-3-4-6-13(12)17/h3-6H,2,7-11H2,1H3. The summed E-state index contributed by atoms with van der Waals surface area (Å²) >= 11 is 6.23. The lowest BCUT2D eigenvalue weighted by molar-refractivity contribution is -0.136. The molecule has 4 nitrogen and oxygen atoms in total. The summed E-state index contributed by atoms with van der Waals surface area (Å²) in [5.74, 6) is 0.218. The molecule has 0 unspecified atom stereocenters. The van der Waals surface area contributed by atoms with Crippen LogP contribution in [0, 0.1) is 0 Å². The number of rotatable bonds is 2.